The van der Waals surface area contributed by atoms with Gasteiger partial charge in [-0.15, -0.1) is 0 Å². The highest BCUT2D eigenvalue weighted by atomic mass is 16.6. The molecule has 1 aromatic rings. The van der Waals surface area contributed by atoms with Crippen molar-refractivity contribution in [2.75, 3.05) is 7.11 Å². The van der Waals surface area contributed by atoms with E-state index >= 15 is 0 Å². The van der Waals surface area contributed by atoms with Gasteiger partial charge in [-0.2, -0.15) is 0 Å². The quantitative estimate of drug-likeness (QED) is 0.471. The average Bonchev–Trinajstić information content (AvgIpc) is 2.45. The fraction of sp³-hybridized carbons (Fsp3) is 0.467. The van der Waals surface area contributed by atoms with Gasteiger partial charge in [-0.3, -0.25) is 14.9 Å². The molecule has 1 atom stereocenters. The van der Waals surface area contributed by atoms with Crippen LogP contribution in [-0.4, -0.2) is 30.0 Å². The fourth-order valence-electron chi connectivity index (χ4n) is 1.99. The molecule has 1 aromatic carbocycles. The molecule has 0 saturated carbocycles. The number of nitro benzene ring substituents is 1. The zero-order chi connectivity index (χ0) is 16.7. The van der Waals surface area contributed by atoms with Gasteiger partial charge >= 0.3 is 5.97 Å². The number of benzene rings is 1. The maximum absolute atomic E-state index is 12.0. The van der Waals surface area contributed by atoms with Crippen molar-refractivity contribution in [2.24, 2.45) is 5.92 Å². The number of carbonyl (C=O) groups is 2. The summed E-state index contributed by atoms with van der Waals surface area (Å²) in [6.07, 6.45) is 0.530. The van der Waals surface area contributed by atoms with Crippen molar-refractivity contribution in [1.29, 1.82) is 0 Å². The van der Waals surface area contributed by atoms with Crippen molar-refractivity contribution >= 4 is 17.6 Å². The van der Waals surface area contributed by atoms with Gasteiger partial charge in [0, 0.05) is 12.1 Å². The molecule has 120 valence electrons. The van der Waals surface area contributed by atoms with Gasteiger partial charge in [0.2, 0.25) is 5.91 Å². The van der Waals surface area contributed by atoms with Crippen molar-refractivity contribution in [3.05, 3.63) is 39.9 Å². The van der Waals surface area contributed by atoms with E-state index in [-0.39, 0.29) is 23.9 Å². The molecular weight excluding hydrogens is 288 g/mol. The maximum atomic E-state index is 12.0. The molecule has 1 N–H and O–H groups in total. The number of non-ortho nitro benzene ring substituents is 1. The Morgan fingerprint density at radius 3 is 2.32 bits per heavy atom. The number of hydrogen-bond acceptors (Lipinski definition) is 5. The van der Waals surface area contributed by atoms with Crippen LogP contribution < -0.4 is 5.32 Å². The summed E-state index contributed by atoms with van der Waals surface area (Å²) < 4.78 is 4.68. The molecule has 0 spiro atoms. The third-order valence-corrected chi connectivity index (χ3v) is 3.04. The van der Waals surface area contributed by atoms with E-state index in [2.05, 4.69) is 10.1 Å². The van der Waals surface area contributed by atoms with Crippen LogP contribution in [0.15, 0.2) is 24.3 Å². The molecule has 0 aliphatic rings. The third-order valence-electron chi connectivity index (χ3n) is 3.04. The van der Waals surface area contributed by atoms with E-state index in [0.29, 0.717) is 12.0 Å². The lowest BCUT2D eigenvalue weighted by Gasteiger charge is -2.18. The Morgan fingerprint density at radius 2 is 1.86 bits per heavy atom. The minimum Gasteiger partial charge on any atom is -0.467 e. The second-order valence-electron chi connectivity index (χ2n) is 5.37. The van der Waals surface area contributed by atoms with Crippen LogP contribution >= 0.6 is 0 Å². The first-order chi connectivity index (χ1) is 10.3. The molecule has 0 saturated heterocycles. The van der Waals surface area contributed by atoms with Crippen molar-refractivity contribution in [2.45, 2.75) is 32.7 Å². The second-order valence-corrected chi connectivity index (χ2v) is 5.37. The van der Waals surface area contributed by atoms with Crippen molar-refractivity contribution in [3.63, 3.8) is 0 Å². The Morgan fingerprint density at radius 1 is 1.27 bits per heavy atom. The van der Waals surface area contributed by atoms with Gasteiger partial charge in [0.05, 0.1) is 18.5 Å². The van der Waals surface area contributed by atoms with Crippen LogP contribution in [0.1, 0.15) is 25.8 Å². The van der Waals surface area contributed by atoms with Crippen LogP contribution in [0.25, 0.3) is 0 Å². The predicted molar refractivity (Wildman–Crippen MR) is 80.2 cm³/mol. The summed E-state index contributed by atoms with van der Waals surface area (Å²) in [6, 6.07) is 5.04. The first-order valence-corrected chi connectivity index (χ1v) is 6.94. The molecule has 1 unspecified atom stereocenters. The Hall–Kier alpha value is -2.44. The SMILES string of the molecule is COC(=O)C(CC(C)C)NC(=O)Cc1ccc([N+](=O)[O-])cc1. The largest absolute Gasteiger partial charge is 0.467 e. The summed E-state index contributed by atoms with van der Waals surface area (Å²) in [5.74, 6) is -0.584. The third kappa shape index (κ3) is 5.51. The molecule has 0 aromatic heterocycles. The molecule has 0 radical (unpaired) electrons. The normalized spacial score (nSPS) is 11.8. The van der Waals surface area contributed by atoms with Crippen LogP contribution in [-0.2, 0) is 20.7 Å². The predicted octanol–water partition coefficient (Wildman–Crippen LogP) is 1.84. The Kier molecular flexibility index (Phi) is 6.49. The van der Waals surface area contributed by atoms with Crippen LogP contribution in [0.3, 0.4) is 0 Å². The fourth-order valence-corrected chi connectivity index (χ4v) is 1.99. The van der Waals surface area contributed by atoms with Gasteiger partial charge in [-0.05, 0) is 17.9 Å². The van der Waals surface area contributed by atoms with Crippen molar-refractivity contribution in [3.8, 4) is 0 Å². The van der Waals surface area contributed by atoms with E-state index in [1.807, 2.05) is 13.8 Å². The number of amides is 1. The minimum absolute atomic E-state index is 0.0311. The monoisotopic (exact) mass is 308 g/mol. The minimum atomic E-state index is -0.685. The van der Waals surface area contributed by atoms with E-state index in [1.165, 1.54) is 31.4 Å². The zero-order valence-corrected chi connectivity index (χ0v) is 12.9. The standard InChI is InChI=1S/C15H20N2O5/c1-10(2)8-13(15(19)22-3)16-14(18)9-11-4-6-12(7-5-11)17(20)21/h4-7,10,13H,8-9H2,1-3H3,(H,16,18). The van der Waals surface area contributed by atoms with Crippen molar-refractivity contribution in [1.82, 2.24) is 5.32 Å². The Bertz CT molecular complexity index is 539. The molecule has 1 rings (SSSR count). The van der Waals surface area contributed by atoms with Crippen molar-refractivity contribution < 1.29 is 19.2 Å². The lowest BCUT2D eigenvalue weighted by Crippen LogP contribution is -2.43. The summed E-state index contributed by atoms with van der Waals surface area (Å²) in [5.41, 5.74) is 0.604. The summed E-state index contributed by atoms with van der Waals surface area (Å²) in [7, 11) is 1.28. The Labute approximate surface area is 128 Å². The van der Waals surface area contributed by atoms with Crippen LogP contribution in [0.5, 0.6) is 0 Å². The number of esters is 1. The summed E-state index contributed by atoms with van der Waals surface area (Å²) >= 11 is 0. The van der Waals surface area contributed by atoms with Gasteiger partial charge in [-0.1, -0.05) is 26.0 Å². The number of methoxy groups -OCH3 is 1. The number of nitrogens with one attached hydrogen (secondary N) is 1. The van der Waals surface area contributed by atoms with Gasteiger partial charge in [0.25, 0.3) is 5.69 Å². The topological polar surface area (TPSA) is 98.5 Å². The maximum Gasteiger partial charge on any atom is 0.328 e. The number of hydrogen-bond donors (Lipinski definition) is 1. The summed E-state index contributed by atoms with van der Waals surface area (Å²) in [5, 5.41) is 13.2. The van der Waals surface area contributed by atoms with Crippen LogP contribution in [0.4, 0.5) is 5.69 Å². The number of nitro groups is 1. The van der Waals surface area contributed by atoms with E-state index < -0.39 is 16.9 Å². The van der Waals surface area contributed by atoms with Gasteiger partial charge in [-0.25, -0.2) is 4.79 Å². The van der Waals surface area contributed by atoms with Gasteiger partial charge < -0.3 is 10.1 Å². The molecule has 7 nitrogen and oxygen atoms in total. The molecule has 0 heterocycles. The highest BCUT2D eigenvalue weighted by Crippen LogP contribution is 2.12. The highest BCUT2D eigenvalue weighted by molar-refractivity contribution is 5.85. The van der Waals surface area contributed by atoms with Crippen LogP contribution in [0.2, 0.25) is 0 Å². The summed E-state index contributed by atoms with van der Waals surface area (Å²) in [6.45, 7) is 3.89. The van der Waals surface area contributed by atoms with E-state index in [4.69, 9.17) is 0 Å². The molecular formula is C15H20N2O5. The van der Waals surface area contributed by atoms with Gasteiger partial charge in [0.15, 0.2) is 0 Å². The lowest BCUT2D eigenvalue weighted by atomic mass is 10.0. The van der Waals surface area contributed by atoms with Crippen LogP contribution in [0, 0.1) is 16.0 Å². The Balaban J connectivity index is 2.66. The molecule has 0 bridgehead atoms. The summed E-state index contributed by atoms with van der Waals surface area (Å²) in [4.78, 5) is 33.7. The number of carbonyl (C=O) groups excluding carboxylic acids is 2. The highest BCUT2D eigenvalue weighted by Gasteiger charge is 2.22. The number of nitrogens with zero attached hydrogens (tertiary/aromatic N) is 1. The average molecular weight is 308 g/mol. The molecule has 1 amide bonds. The molecule has 22 heavy (non-hydrogen) atoms. The number of rotatable bonds is 7. The number of ether oxygens (including phenoxy) is 1. The molecule has 0 aliphatic heterocycles. The van der Waals surface area contributed by atoms with E-state index in [9.17, 15) is 19.7 Å². The first-order valence-electron chi connectivity index (χ1n) is 6.94. The first kappa shape index (κ1) is 17.6. The molecule has 7 heteroatoms. The van der Waals surface area contributed by atoms with Gasteiger partial charge in [0.1, 0.15) is 6.04 Å². The van der Waals surface area contributed by atoms with E-state index in [1.54, 1.807) is 0 Å². The molecule has 0 aliphatic carbocycles. The molecule has 0 fully saturated rings. The second kappa shape index (κ2) is 8.11. The zero-order valence-electron chi connectivity index (χ0n) is 12.9. The smallest absolute Gasteiger partial charge is 0.328 e. The van der Waals surface area contributed by atoms with E-state index in [0.717, 1.165) is 0 Å². The lowest BCUT2D eigenvalue weighted by molar-refractivity contribution is -0.384.